The number of carbonyl (C=O) groups excluding carboxylic acids is 1. The van der Waals surface area contributed by atoms with E-state index in [4.69, 9.17) is 0 Å². The van der Waals surface area contributed by atoms with Crippen molar-refractivity contribution >= 4 is 21.6 Å². The van der Waals surface area contributed by atoms with E-state index >= 15 is 0 Å². The molecule has 2 N–H and O–H groups in total. The monoisotopic (exact) mass is 307 g/mol. The third-order valence-electron chi connectivity index (χ3n) is 3.01. The minimum Gasteiger partial charge on any atom is -0.305 e. The molecule has 0 saturated carbocycles. The van der Waals surface area contributed by atoms with Crippen LogP contribution in [-0.4, -0.2) is 30.8 Å². The average molecular weight is 307 g/mol. The molecule has 0 atom stereocenters. The number of H-pyrrole nitrogens is 1. The lowest BCUT2D eigenvalue weighted by molar-refractivity contribution is 0.102. The third-order valence-corrected chi connectivity index (χ3v) is 4.13. The molecular weight excluding hydrogens is 290 g/mol. The van der Waals surface area contributed by atoms with Crippen LogP contribution in [-0.2, 0) is 9.84 Å². The number of nitrogens with one attached hydrogen (secondary N) is 2. The lowest BCUT2D eigenvalue weighted by Crippen LogP contribution is -2.12. The Bertz CT molecular complexity index is 746. The quantitative estimate of drug-likeness (QED) is 0.905. The summed E-state index contributed by atoms with van der Waals surface area (Å²) in [6.07, 6.45) is 1.12. The van der Waals surface area contributed by atoms with E-state index in [0.717, 1.165) is 11.9 Å². The molecule has 1 aromatic carbocycles. The molecular formula is C14H17N3O3S. The molecule has 0 aliphatic rings. The maximum Gasteiger partial charge on any atom is 0.256 e. The summed E-state index contributed by atoms with van der Waals surface area (Å²) in [7, 11) is -3.26. The molecule has 1 aromatic heterocycles. The van der Waals surface area contributed by atoms with Gasteiger partial charge in [-0.1, -0.05) is 13.8 Å². The SMILES string of the molecule is CC(C)c1cc(NC(=O)c2ccc(S(C)(=O)=O)cc2)n[nH]1. The standard InChI is InChI=1S/C14H17N3O3S/c1-9(2)12-8-13(17-16-12)15-14(18)10-4-6-11(7-5-10)21(3,19)20/h4-9H,1-3H3,(H2,15,16,17,18). The Morgan fingerprint density at radius 3 is 2.33 bits per heavy atom. The molecule has 112 valence electrons. The summed E-state index contributed by atoms with van der Waals surface area (Å²) in [4.78, 5) is 12.2. The van der Waals surface area contributed by atoms with E-state index in [9.17, 15) is 13.2 Å². The van der Waals surface area contributed by atoms with Gasteiger partial charge in [-0.05, 0) is 30.2 Å². The minimum absolute atomic E-state index is 0.181. The van der Waals surface area contributed by atoms with Gasteiger partial charge in [0.2, 0.25) is 0 Å². The summed E-state index contributed by atoms with van der Waals surface area (Å²) in [6, 6.07) is 7.54. The van der Waals surface area contributed by atoms with E-state index in [1.807, 2.05) is 13.8 Å². The van der Waals surface area contributed by atoms with Crippen molar-refractivity contribution in [3.05, 3.63) is 41.6 Å². The fourth-order valence-corrected chi connectivity index (χ4v) is 2.37. The molecule has 0 unspecified atom stereocenters. The Hall–Kier alpha value is -2.15. The van der Waals surface area contributed by atoms with Crippen LogP contribution in [0.2, 0.25) is 0 Å². The number of aromatic nitrogens is 2. The first kappa shape index (κ1) is 15.2. The van der Waals surface area contributed by atoms with E-state index in [1.54, 1.807) is 6.07 Å². The molecule has 0 aliphatic carbocycles. The van der Waals surface area contributed by atoms with Gasteiger partial charge in [0.25, 0.3) is 5.91 Å². The van der Waals surface area contributed by atoms with Crippen LogP contribution < -0.4 is 5.32 Å². The molecule has 21 heavy (non-hydrogen) atoms. The first-order chi connectivity index (χ1) is 9.77. The van der Waals surface area contributed by atoms with Crippen LogP contribution in [0.4, 0.5) is 5.82 Å². The maximum atomic E-state index is 12.0. The Morgan fingerprint density at radius 1 is 1.24 bits per heavy atom. The number of anilines is 1. The van der Waals surface area contributed by atoms with Gasteiger partial charge in [-0.2, -0.15) is 5.10 Å². The van der Waals surface area contributed by atoms with Crippen molar-refractivity contribution in [2.45, 2.75) is 24.7 Å². The Labute approximate surface area is 123 Å². The summed E-state index contributed by atoms with van der Waals surface area (Å²) in [5.41, 5.74) is 1.30. The number of benzene rings is 1. The van der Waals surface area contributed by atoms with Gasteiger partial charge in [0, 0.05) is 23.6 Å². The number of amides is 1. The van der Waals surface area contributed by atoms with Crippen LogP contribution in [0.3, 0.4) is 0 Å². The van der Waals surface area contributed by atoms with Gasteiger partial charge >= 0.3 is 0 Å². The van der Waals surface area contributed by atoms with Crippen LogP contribution in [0, 0.1) is 0 Å². The highest BCUT2D eigenvalue weighted by Crippen LogP contribution is 2.16. The van der Waals surface area contributed by atoms with E-state index in [1.165, 1.54) is 24.3 Å². The largest absolute Gasteiger partial charge is 0.305 e. The zero-order valence-corrected chi connectivity index (χ0v) is 12.9. The third kappa shape index (κ3) is 3.69. The number of hydrogen-bond acceptors (Lipinski definition) is 4. The molecule has 2 rings (SSSR count). The van der Waals surface area contributed by atoms with Gasteiger partial charge in [0.1, 0.15) is 0 Å². The molecule has 0 fully saturated rings. The molecule has 1 heterocycles. The number of nitrogens with zero attached hydrogens (tertiary/aromatic N) is 1. The Balaban J connectivity index is 2.13. The molecule has 0 saturated heterocycles. The van der Waals surface area contributed by atoms with Gasteiger partial charge < -0.3 is 5.32 Å². The first-order valence-electron chi connectivity index (χ1n) is 6.44. The number of aromatic amines is 1. The zero-order valence-electron chi connectivity index (χ0n) is 12.0. The lowest BCUT2D eigenvalue weighted by Gasteiger charge is -2.03. The fourth-order valence-electron chi connectivity index (χ4n) is 1.74. The predicted molar refractivity (Wildman–Crippen MR) is 80.2 cm³/mol. The maximum absolute atomic E-state index is 12.0. The topological polar surface area (TPSA) is 91.9 Å². The van der Waals surface area contributed by atoms with Crippen LogP contribution in [0.15, 0.2) is 35.2 Å². The molecule has 0 bridgehead atoms. The number of hydrogen-bond donors (Lipinski definition) is 2. The minimum atomic E-state index is -3.26. The fraction of sp³-hybridized carbons (Fsp3) is 0.286. The zero-order chi connectivity index (χ0) is 15.6. The van der Waals surface area contributed by atoms with Crippen LogP contribution in [0.1, 0.15) is 35.8 Å². The van der Waals surface area contributed by atoms with Crippen molar-refractivity contribution in [3.63, 3.8) is 0 Å². The molecule has 2 aromatic rings. The molecule has 6 nitrogen and oxygen atoms in total. The summed E-state index contributed by atoms with van der Waals surface area (Å²) in [6.45, 7) is 4.03. The van der Waals surface area contributed by atoms with Gasteiger partial charge in [-0.15, -0.1) is 0 Å². The van der Waals surface area contributed by atoms with Crippen molar-refractivity contribution < 1.29 is 13.2 Å². The Morgan fingerprint density at radius 2 is 1.86 bits per heavy atom. The lowest BCUT2D eigenvalue weighted by atomic mass is 10.1. The molecule has 7 heteroatoms. The smallest absolute Gasteiger partial charge is 0.256 e. The molecule has 0 radical (unpaired) electrons. The van der Waals surface area contributed by atoms with Crippen molar-refractivity contribution in [1.29, 1.82) is 0 Å². The van der Waals surface area contributed by atoms with Crippen LogP contribution in [0.5, 0.6) is 0 Å². The van der Waals surface area contributed by atoms with Gasteiger partial charge in [-0.3, -0.25) is 9.89 Å². The summed E-state index contributed by atoms with van der Waals surface area (Å²) < 4.78 is 22.7. The summed E-state index contributed by atoms with van der Waals surface area (Å²) in [5, 5.41) is 9.51. The van der Waals surface area contributed by atoms with Gasteiger partial charge in [0.15, 0.2) is 15.7 Å². The number of carbonyl (C=O) groups is 1. The van der Waals surface area contributed by atoms with Crippen molar-refractivity contribution in [3.8, 4) is 0 Å². The second-order valence-corrected chi connectivity index (χ2v) is 7.13. The highest BCUT2D eigenvalue weighted by molar-refractivity contribution is 7.90. The van der Waals surface area contributed by atoms with Crippen molar-refractivity contribution in [2.24, 2.45) is 0 Å². The Kier molecular flexibility index (Phi) is 4.13. The first-order valence-corrected chi connectivity index (χ1v) is 8.33. The predicted octanol–water partition coefficient (Wildman–Crippen LogP) is 2.19. The average Bonchev–Trinajstić information content (AvgIpc) is 2.86. The molecule has 0 aliphatic heterocycles. The van der Waals surface area contributed by atoms with E-state index in [0.29, 0.717) is 11.4 Å². The molecule has 0 spiro atoms. The highest BCUT2D eigenvalue weighted by Gasteiger charge is 2.12. The molecule has 1 amide bonds. The van der Waals surface area contributed by atoms with Gasteiger partial charge in [0.05, 0.1) is 4.90 Å². The van der Waals surface area contributed by atoms with E-state index in [-0.39, 0.29) is 16.7 Å². The summed E-state index contributed by atoms with van der Waals surface area (Å²) >= 11 is 0. The normalized spacial score (nSPS) is 11.6. The highest BCUT2D eigenvalue weighted by atomic mass is 32.2. The van der Waals surface area contributed by atoms with Crippen molar-refractivity contribution in [2.75, 3.05) is 11.6 Å². The van der Waals surface area contributed by atoms with E-state index < -0.39 is 9.84 Å². The van der Waals surface area contributed by atoms with Crippen LogP contribution in [0.25, 0.3) is 0 Å². The second-order valence-electron chi connectivity index (χ2n) is 5.11. The second kappa shape index (κ2) is 5.69. The number of sulfone groups is 1. The summed E-state index contributed by atoms with van der Waals surface area (Å²) in [5.74, 6) is 0.393. The van der Waals surface area contributed by atoms with E-state index in [2.05, 4.69) is 15.5 Å². The van der Waals surface area contributed by atoms with Crippen LogP contribution >= 0.6 is 0 Å². The van der Waals surface area contributed by atoms with Crippen molar-refractivity contribution in [1.82, 2.24) is 10.2 Å². The van der Waals surface area contributed by atoms with Gasteiger partial charge in [-0.25, -0.2) is 8.42 Å². The number of rotatable bonds is 4.